The molecule has 0 aliphatic rings. The Hall–Kier alpha value is -1.49. The molecule has 1 N–H and O–H groups in total. The zero-order valence-corrected chi connectivity index (χ0v) is 12.0. The first kappa shape index (κ1) is 15.6. The highest BCUT2D eigenvalue weighted by Crippen LogP contribution is 2.17. The van der Waals surface area contributed by atoms with Gasteiger partial charge in [-0.3, -0.25) is 4.79 Å². The standard InChI is InChI=1S/C14H19NO3S/c1-3-18-14(17)11(2)15-13(16)9-10-19-12-7-5-4-6-8-12/h4-8,11H,3,9-10H2,1-2H3,(H,15,16). The predicted molar refractivity (Wildman–Crippen MR) is 76.0 cm³/mol. The van der Waals surface area contributed by atoms with Gasteiger partial charge in [0.1, 0.15) is 6.04 Å². The Morgan fingerprint density at radius 2 is 2.00 bits per heavy atom. The molecule has 1 amide bonds. The van der Waals surface area contributed by atoms with E-state index in [4.69, 9.17) is 4.74 Å². The number of carbonyl (C=O) groups excluding carboxylic acids is 2. The maximum Gasteiger partial charge on any atom is 0.328 e. The summed E-state index contributed by atoms with van der Waals surface area (Å²) in [5.74, 6) is 0.154. The van der Waals surface area contributed by atoms with Gasteiger partial charge in [-0.15, -0.1) is 11.8 Å². The van der Waals surface area contributed by atoms with Crippen molar-refractivity contribution in [3.05, 3.63) is 30.3 Å². The summed E-state index contributed by atoms with van der Waals surface area (Å²) in [5, 5.41) is 2.62. The fourth-order valence-electron chi connectivity index (χ4n) is 1.42. The molecule has 5 heteroatoms. The van der Waals surface area contributed by atoms with E-state index in [1.54, 1.807) is 25.6 Å². The fraction of sp³-hybridized carbons (Fsp3) is 0.429. The third-order valence-electron chi connectivity index (χ3n) is 2.36. The lowest BCUT2D eigenvalue weighted by Gasteiger charge is -2.12. The molecular weight excluding hydrogens is 262 g/mol. The molecule has 1 atom stereocenters. The molecule has 0 radical (unpaired) electrons. The Morgan fingerprint density at radius 1 is 1.32 bits per heavy atom. The van der Waals surface area contributed by atoms with Crippen LogP contribution in [0.4, 0.5) is 0 Å². The molecule has 1 unspecified atom stereocenters. The number of thioether (sulfide) groups is 1. The summed E-state index contributed by atoms with van der Waals surface area (Å²) >= 11 is 1.62. The van der Waals surface area contributed by atoms with Gasteiger partial charge in [-0.1, -0.05) is 18.2 Å². The summed E-state index contributed by atoms with van der Waals surface area (Å²) in [6, 6.07) is 9.30. The minimum Gasteiger partial charge on any atom is -0.464 e. The highest BCUT2D eigenvalue weighted by atomic mass is 32.2. The zero-order valence-electron chi connectivity index (χ0n) is 11.2. The minimum absolute atomic E-state index is 0.135. The van der Waals surface area contributed by atoms with Gasteiger partial charge in [0.25, 0.3) is 0 Å². The van der Waals surface area contributed by atoms with Crippen LogP contribution in [-0.2, 0) is 14.3 Å². The normalized spacial score (nSPS) is 11.7. The first-order valence-electron chi connectivity index (χ1n) is 6.27. The molecule has 104 valence electrons. The fourth-order valence-corrected chi connectivity index (χ4v) is 2.29. The van der Waals surface area contributed by atoms with Crippen molar-refractivity contribution in [1.82, 2.24) is 5.32 Å². The number of hydrogen-bond donors (Lipinski definition) is 1. The first-order chi connectivity index (χ1) is 9.13. The van der Waals surface area contributed by atoms with Crippen molar-refractivity contribution in [2.45, 2.75) is 31.2 Å². The van der Waals surface area contributed by atoms with Crippen LogP contribution in [0.5, 0.6) is 0 Å². The number of esters is 1. The van der Waals surface area contributed by atoms with E-state index in [0.29, 0.717) is 18.8 Å². The predicted octanol–water partition coefficient (Wildman–Crippen LogP) is 2.24. The topological polar surface area (TPSA) is 55.4 Å². The van der Waals surface area contributed by atoms with Gasteiger partial charge >= 0.3 is 5.97 Å². The molecular formula is C14H19NO3S. The number of amides is 1. The van der Waals surface area contributed by atoms with Crippen LogP contribution in [0.2, 0.25) is 0 Å². The van der Waals surface area contributed by atoms with Crippen LogP contribution < -0.4 is 5.32 Å². The molecule has 0 aromatic heterocycles. The lowest BCUT2D eigenvalue weighted by molar-refractivity contribution is -0.146. The quantitative estimate of drug-likeness (QED) is 0.615. The molecule has 0 aliphatic carbocycles. The zero-order chi connectivity index (χ0) is 14.1. The lowest BCUT2D eigenvalue weighted by atomic mass is 10.3. The second kappa shape index (κ2) is 8.58. The van der Waals surface area contributed by atoms with Gasteiger partial charge in [0.05, 0.1) is 6.61 Å². The lowest BCUT2D eigenvalue weighted by Crippen LogP contribution is -2.39. The molecule has 19 heavy (non-hydrogen) atoms. The number of carbonyl (C=O) groups is 2. The van der Waals surface area contributed by atoms with Crippen molar-refractivity contribution < 1.29 is 14.3 Å². The molecule has 1 aromatic rings. The molecule has 1 aromatic carbocycles. The average Bonchev–Trinajstić information content (AvgIpc) is 2.40. The largest absolute Gasteiger partial charge is 0.464 e. The van der Waals surface area contributed by atoms with E-state index in [1.165, 1.54) is 0 Å². The van der Waals surface area contributed by atoms with Crippen LogP contribution in [0.25, 0.3) is 0 Å². The summed E-state index contributed by atoms with van der Waals surface area (Å²) in [5.41, 5.74) is 0. The van der Waals surface area contributed by atoms with Crippen molar-refractivity contribution in [1.29, 1.82) is 0 Å². The van der Waals surface area contributed by atoms with Gasteiger partial charge in [-0.25, -0.2) is 4.79 Å². The van der Waals surface area contributed by atoms with E-state index >= 15 is 0 Å². The van der Waals surface area contributed by atoms with Gasteiger partial charge < -0.3 is 10.1 Å². The van der Waals surface area contributed by atoms with E-state index < -0.39 is 12.0 Å². The number of hydrogen-bond acceptors (Lipinski definition) is 4. The van der Waals surface area contributed by atoms with Crippen molar-refractivity contribution >= 4 is 23.6 Å². The van der Waals surface area contributed by atoms with Crippen LogP contribution in [0.3, 0.4) is 0 Å². The number of nitrogens with one attached hydrogen (secondary N) is 1. The SMILES string of the molecule is CCOC(=O)C(C)NC(=O)CCSc1ccccc1. The first-order valence-corrected chi connectivity index (χ1v) is 7.26. The maximum absolute atomic E-state index is 11.6. The monoisotopic (exact) mass is 281 g/mol. The van der Waals surface area contributed by atoms with Gasteiger partial charge in [-0.2, -0.15) is 0 Å². The summed E-state index contributed by atoms with van der Waals surface area (Å²) in [6.07, 6.45) is 0.378. The van der Waals surface area contributed by atoms with E-state index in [9.17, 15) is 9.59 Å². The van der Waals surface area contributed by atoms with Gasteiger partial charge in [0, 0.05) is 17.1 Å². The Labute approximate surface area is 117 Å². The van der Waals surface area contributed by atoms with Crippen molar-refractivity contribution in [3.8, 4) is 0 Å². The van der Waals surface area contributed by atoms with Crippen LogP contribution in [0.15, 0.2) is 35.2 Å². The number of ether oxygens (including phenoxy) is 1. The molecule has 0 saturated heterocycles. The summed E-state index contributed by atoms with van der Waals surface area (Å²) < 4.78 is 4.82. The Bertz CT molecular complexity index is 408. The molecule has 0 spiro atoms. The highest BCUT2D eigenvalue weighted by molar-refractivity contribution is 7.99. The maximum atomic E-state index is 11.6. The van der Waals surface area contributed by atoms with E-state index in [1.807, 2.05) is 30.3 Å². The van der Waals surface area contributed by atoms with Crippen LogP contribution in [0, 0.1) is 0 Å². The van der Waals surface area contributed by atoms with Crippen LogP contribution in [0.1, 0.15) is 20.3 Å². The van der Waals surface area contributed by atoms with Crippen LogP contribution >= 0.6 is 11.8 Å². The highest BCUT2D eigenvalue weighted by Gasteiger charge is 2.15. The van der Waals surface area contributed by atoms with E-state index in [2.05, 4.69) is 5.32 Å². The van der Waals surface area contributed by atoms with Crippen LogP contribution in [-0.4, -0.2) is 30.3 Å². The molecule has 4 nitrogen and oxygen atoms in total. The Morgan fingerprint density at radius 3 is 2.63 bits per heavy atom. The second-order valence-corrected chi connectivity index (χ2v) is 5.12. The van der Waals surface area contributed by atoms with Gasteiger partial charge in [-0.05, 0) is 26.0 Å². The number of benzene rings is 1. The molecule has 1 rings (SSSR count). The van der Waals surface area contributed by atoms with Crippen molar-refractivity contribution in [2.75, 3.05) is 12.4 Å². The summed E-state index contributed by atoms with van der Waals surface area (Å²) in [6.45, 7) is 3.69. The van der Waals surface area contributed by atoms with E-state index in [0.717, 1.165) is 4.90 Å². The van der Waals surface area contributed by atoms with Gasteiger partial charge in [0.15, 0.2) is 0 Å². The molecule has 0 fully saturated rings. The summed E-state index contributed by atoms with van der Waals surface area (Å²) in [7, 11) is 0. The van der Waals surface area contributed by atoms with E-state index in [-0.39, 0.29) is 5.91 Å². The Kier molecular flexibility index (Phi) is 7.03. The summed E-state index contributed by atoms with van der Waals surface area (Å²) in [4.78, 5) is 24.1. The molecule has 0 aliphatic heterocycles. The average molecular weight is 281 g/mol. The van der Waals surface area contributed by atoms with Crippen molar-refractivity contribution in [3.63, 3.8) is 0 Å². The van der Waals surface area contributed by atoms with Crippen molar-refractivity contribution in [2.24, 2.45) is 0 Å². The number of rotatable bonds is 7. The smallest absolute Gasteiger partial charge is 0.328 e. The minimum atomic E-state index is -0.589. The molecule has 0 heterocycles. The second-order valence-electron chi connectivity index (χ2n) is 3.95. The molecule has 0 saturated carbocycles. The van der Waals surface area contributed by atoms with Gasteiger partial charge in [0.2, 0.25) is 5.91 Å². The third-order valence-corrected chi connectivity index (χ3v) is 3.37. The Balaban J connectivity index is 2.23. The molecule has 0 bridgehead atoms. The third kappa shape index (κ3) is 6.29.